The Hall–Kier alpha value is -3.69. The summed E-state index contributed by atoms with van der Waals surface area (Å²) in [5.41, 5.74) is 9.32. The maximum Gasteiger partial charge on any atom is 0.317 e. The molecule has 0 aromatic carbocycles. The van der Waals surface area contributed by atoms with Crippen LogP contribution in [0.3, 0.4) is 0 Å². The average molecular weight is 466 g/mol. The number of carbonyl (C=O) groups excluding carboxylic acids is 1. The van der Waals surface area contributed by atoms with Crippen molar-refractivity contribution in [3.8, 4) is 17.0 Å². The van der Waals surface area contributed by atoms with Gasteiger partial charge in [-0.1, -0.05) is 0 Å². The summed E-state index contributed by atoms with van der Waals surface area (Å²) in [7, 11) is 0. The second-order valence-corrected chi connectivity index (χ2v) is 8.94. The lowest BCUT2D eigenvalue weighted by atomic mass is 9.82. The minimum Gasteiger partial charge on any atom is -0.481 e. The molecule has 34 heavy (non-hydrogen) atoms. The van der Waals surface area contributed by atoms with Crippen molar-refractivity contribution >= 4 is 11.8 Å². The van der Waals surface area contributed by atoms with Crippen LogP contribution in [-0.2, 0) is 12.0 Å². The van der Waals surface area contributed by atoms with Gasteiger partial charge in [0.2, 0.25) is 0 Å². The van der Waals surface area contributed by atoms with Crippen LogP contribution >= 0.6 is 0 Å². The maximum atomic E-state index is 13.2. The molecule has 9 nitrogen and oxygen atoms in total. The lowest BCUT2D eigenvalue weighted by Gasteiger charge is -2.23. The monoisotopic (exact) mass is 465 g/mol. The number of nitrogens with zero attached hydrogens (tertiary/aromatic N) is 5. The Labute approximate surface area is 197 Å². The van der Waals surface area contributed by atoms with Gasteiger partial charge < -0.3 is 20.7 Å². The highest BCUT2D eigenvalue weighted by Gasteiger charge is 2.46. The number of aryl methyl sites for hydroxylation is 1. The van der Waals surface area contributed by atoms with Crippen molar-refractivity contribution in [2.75, 3.05) is 25.4 Å². The van der Waals surface area contributed by atoms with Crippen LogP contribution in [0.15, 0.2) is 36.7 Å². The first kappa shape index (κ1) is 22.1. The summed E-state index contributed by atoms with van der Waals surface area (Å²) in [6.07, 6.45) is 4.30. The van der Waals surface area contributed by atoms with Crippen molar-refractivity contribution in [1.82, 2.24) is 30.0 Å². The number of halogens is 1. The van der Waals surface area contributed by atoms with E-state index in [4.69, 9.17) is 15.6 Å². The molecule has 2 amide bonds. The number of pyridine rings is 2. The first-order valence-corrected chi connectivity index (χ1v) is 11.5. The summed E-state index contributed by atoms with van der Waals surface area (Å²) in [6.45, 7) is 6.62. The normalized spacial score (nSPS) is 19.9. The number of likely N-dealkylation sites (tertiary alicyclic amines) is 1. The van der Waals surface area contributed by atoms with E-state index in [1.807, 2.05) is 29.5 Å². The summed E-state index contributed by atoms with van der Waals surface area (Å²) in [4.78, 5) is 22.6. The quantitative estimate of drug-likeness (QED) is 0.598. The molecule has 0 bridgehead atoms. The van der Waals surface area contributed by atoms with E-state index < -0.39 is 11.9 Å². The second kappa shape index (κ2) is 8.58. The molecule has 3 aromatic rings. The molecule has 0 aliphatic carbocycles. The van der Waals surface area contributed by atoms with Crippen molar-refractivity contribution in [2.24, 2.45) is 0 Å². The number of hydrogen-bond acceptors (Lipinski definition) is 6. The standard InChI is InChI=1S/C24H28FN7O2/c1-3-27-23(33)31-8-6-24(14-31)7-9-32-21(24)11-19(30-32)16-10-20(22(26)29-12-16)34-15(2)18-5-4-17(25)13-28-18/h4-5,10-13,15H,3,6-9,14H2,1-2H3,(H2,26,29)(H,27,33)/t15-,24-/m1/s1. The Bertz CT molecular complexity index is 1210. The van der Waals surface area contributed by atoms with Crippen molar-refractivity contribution in [1.29, 1.82) is 0 Å². The number of nitrogen functional groups attached to an aromatic ring is 1. The van der Waals surface area contributed by atoms with Crippen LogP contribution < -0.4 is 15.8 Å². The number of urea groups is 1. The molecule has 1 fully saturated rings. The van der Waals surface area contributed by atoms with Crippen molar-refractivity contribution in [3.05, 3.63) is 53.9 Å². The fraction of sp³-hybridized carbons (Fsp3) is 0.417. The minimum absolute atomic E-state index is 0.00754. The third-order valence-electron chi connectivity index (χ3n) is 6.74. The van der Waals surface area contributed by atoms with Gasteiger partial charge in [-0.25, -0.2) is 14.2 Å². The van der Waals surface area contributed by atoms with Crippen molar-refractivity contribution in [3.63, 3.8) is 0 Å². The fourth-order valence-electron chi connectivity index (χ4n) is 4.89. The van der Waals surface area contributed by atoms with Gasteiger partial charge in [0.1, 0.15) is 11.9 Å². The van der Waals surface area contributed by atoms with Gasteiger partial charge in [-0.3, -0.25) is 9.67 Å². The number of carbonyl (C=O) groups is 1. The predicted octanol–water partition coefficient (Wildman–Crippen LogP) is 3.28. The molecule has 0 radical (unpaired) electrons. The number of fused-ring (bicyclic) bond motifs is 2. The minimum atomic E-state index is -0.436. The van der Waals surface area contributed by atoms with Gasteiger partial charge in [0.15, 0.2) is 11.6 Å². The lowest BCUT2D eigenvalue weighted by molar-refractivity contribution is 0.206. The number of amides is 2. The number of hydrogen-bond donors (Lipinski definition) is 2. The Morgan fingerprint density at radius 3 is 2.85 bits per heavy atom. The molecule has 1 spiro atoms. The third kappa shape index (κ3) is 3.93. The molecule has 10 heteroatoms. The van der Waals surface area contributed by atoms with E-state index in [0.29, 0.717) is 24.5 Å². The van der Waals surface area contributed by atoms with E-state index in [1.54, 1.807) is 12.3 Å². The topological polar surface area (TPSA) is 111 Å². The zero-order valence-electron chi connectivity index (χ0n) is 19.3. The molecule has 3 aromatic heterocycles. The zero-order valence-corrected chi connectivity index (χ0v) is 19.3. The van der Waals surface area contributed by atoms with E-state index in [2.05, 4.69) is 21.4 Å². The van der Waals surface area contributed by atoms with Gasteiger partial charge in [0.05, 0.1) is 17.6 Å². The number of ether oxygens (including phenoxy) is 1. The summed E-state index contributed by atoms with van der Waals surface area (Å²) in [5.74, 6) is 0.276. The second-order valence-electron chi connectivity index (χ2n) is 8.94. The molecule has 2 atom stereocenters. The molecule has 0 saturated carbocycles. The molecule has 0 unspecified atom stereocenters. The predicted molar refractivity (Wildman–Crippen MR) is 125 cm³/mol. The van der Waals surface area contributed by atoms with Crippen LogP contribution in [0.4, 0.5) is 15.0 Å². The number of nitrogens with one attached hydrogen (secondary N) is 1. The van der Waals surface area contributed by atoms with Gasteiger partial charge in [0.25, 0.3) is 0 Å². The number of nitrogens with two attached hydrogens (primary N) is 1. The summed E-state index contributed by atoms with van der Waals surface area (Å²) < 4.78 is 21.2. The average Bonchev–Trinajstić information content (AvgIpc) is 3.53. The summed E-state index contributed by atoms with van der Waals surface area (Å²) in [6, 6.07) is 6.84. The molecule has 2 aliphatic rings. The Morgan fingerprint density at radius 1 is 1.26 bits per heavy atom. The fourth-order valence-corrected chi connectivity index (χ4v) is 4.89. The number of aromatic nitrogens is 4. The molecule has 1 saturated heterocycles. The highest BCUT2D eigenvalue weighted by Crippen LogP contribution is 2.44. The molecule has 3 N–H and O–H groups in total. The first-order chi connectivity index (χ1) is 16.4. The van der Waals surface area contributed by atoms with Gasteiger partial charge in [0, 0.05) is 49.0 Å². The highest BCUT2D eigenvalue weighted by atomic mass is 19.1. The highest BCUT2D eigenvalue weighted by molar-refractivity contribution is 5.75. The summed E-state index contributed by atoms with van der Waals surface area (Å²) in [5, 5.41) is 7.71. The zero-order chi connectivity index (χ0) is 23.9. The van der Waals surface area contributed by atoms with Gasteiger partial charge in [-0.15, -0.1) is 0 Å². The summed E-state index contributed by atoms with van der Waals surface area (Å²) >= 11 is 0. The van der Waals surface area contributed by atoms with Crippen LogP contribution in [0.25, 0.3) is 11.3 Å². The van der Waals surface area contributed by atoms with E-state index in [-0.39, 0.29) is 17.3 Å². The number of anilines is 1. The molecular formula is C24H28FN7O2. The Morgan fingerprint density at radius 2 is 2.09 bits per heavy atom. The molecule has 5 rings (SSSR count). The van der Waals surface area contributed by atoms with Crippen molar-refractivity contribution < 1.29 is 13.9 Å². The first-order valence-electron chi connectivity index (χ1n) is 11.5. The van der Waals surface area contributed by atoms with Gasteiger partial charge >= 0.3 is 6.03 Å². The smallest absolute Gasteiger partial charge is 0.317 e. The van der Waals surface area contributed by atoms with E-state index in [0.717, 1.165) is 49.1 Å². The van der Waals surface area contributed by atoms with Gasteiger partial charge in [-0.2, -0.15) is 5.10 Å². The van der Waals surface area contributed by atoms with Crippen LogP contribution in [0, 0.1) is 5.82 Å². The molecule has 178 valence electrons. The lowest BCUT2D eigenvalue weighted by Crippen LogP contribution is -2.40. The van der Waals surface area contributed by atoms with E-state index in [1.165, 1.54) is 6.07 Å². The van der Waals surface area contributed by atoms with Crippen LogP contribution in [0.5, 0.6) is 5.75 Å². The van der Waals surface area contributed by atoms with Crippen LogP contribution in [0.1, 0.15) is 44.2 Å². The molecular weight excluding hydrogens is 437 g/mol. The van der Waals surface area contributed by atoms with Crippen LogP contribution in [0.2, 0.25) is 0 Å². The largest absolute Gasteiger partial charge is 0.481 e. The molecule has 2 aliphatic heterocycles. The molecule has 5 heterocycles. The van der Waals surface area contributed by atoms with Crippen molar-refractivity contribution in [2.45, 2.75) is 44.8 Å². The third-order valence-corrected chi connectivity index (χ3v) is 6.74. The Balaban J connectivity index is 1.37. The van der Waals surface area contributed by atoms with E-state index in [9.17, 15) is 9.18 Å². The SMILES string of the molecule is CCNC(=O)N1CC[C@@]2(CCn3nc(-c4cnc(N)c(O[C@H](C)c5ccc(F)cn5)c4)cc32)C1. The van der Waals surface area contributed by atoms with E-state index >= 15 is 0 Å². The number of rotatable bonds is 5. The maximum absolute atomic E-state index is 13.2. The van der Waals surface area contributed by atoms with Gasteiger partial charge in [-0.05, 0) is 51.0 Å². The Kier molecular flexibility index (Phi) is 5.59. The van der Waals surface area contributed by atoms with Crippen LogP contribution in [-0.4, -0.2) is 50.3 Å².